The number of sulfonamides is 1. The minimum absolute atomic E-state index is 0.0506. The fraction of sp³-hybridized carbons (Fsp3) is 0.333. The van der Waals surface area contributed by atoms with Crippen molar-refractivity contribution in [1.29, 1.82) is 0 Å². The van der Waals surface area contributed by atoms with Crippen molar-refractivity contribution in [2.24, 2.45) is 5.92 Å². The number of nitrogens with zero attached hydrogens (tertiary/aromatic N) is 2. The molecule has 1 aliphatic heterocycles. The molecule has 1 fully saturated rings. The van der Waals surface area contributed by atoms with Crippen LogP contribution < -0.4 is 10.1 Å². The van der Waals surface area contributed by atoms with Crippen LogP contribution >= 0.6 is 11.3 Å². The molecule has 33 heavy (non-hydrogen) atoms. The number of ether oxygens (including phenoxy) is 1. The largest absolute Gasteiger partial charge is 0.494 e. The van der Waals surface area contributed by atoms with Crippen LogP contribution in [0.4, 0.5) is 5.13 Å². The molecule has 2 aromatic carbocycles. The van der Waals surface area contributed by atoms with E-state index < -0.39 is 19.9 Å². The molecule has 0 unspecified atom stereocenters. The van der Waals surface area contributed by atoms with Gasteiger partial charge in [-0.1, -0.05) is 23.5 Å². The van der Waals surface area contributed by atoms with Gasteiger partial charge in [-0.15, -0.1) is 0 Å². The van der Waals surface area contributed by atoms with Crippen molar-refractivity contribution in [1.82, 2.24) is 9.29 Å². The summed E-state index contributed by atoms with van der Waals surface area (Å²) in [6, 6.07) is 10.9. The smallest absolute Gasteiger partial charge is 0.243 e. The van der Waals surface area contributed by atoms with E-state index in [9.17, 15) is 21.6 Å². The van der Waals surface area contributed by atoms with Gasteiger partial charge in [0.05, 0.1) is 21.6 Å². The normalized spacial score (nSPS) is 16.1. The molecule has 0 saturated carbocycles. The number of hydrogen-bond donors (Lipinski definition) is 1. The van der Waals surface area contributed by atoms with Crippen LogP contribution in [-0.2, 0) is 24.7 Å². The average Bonchev–Trinajstić information content (AvgIpc) is 3.21. The van der Waals surface area contributed by atoms with Crippen LogP contribution in [-0.4, -0.2) is 58.5 Å². The average molecular weight is 510 g/mol. The third kappa shape index (κ3) is 4.88. The first-order chi connectivity index (χ1) is 15.6. The topological polar surface area (TPSA) is 123 Å². The SMILES string of the molecule is COc1cccc2sc(NC(=O)C3CCN(S(=O)(=O)c4cccc(S(C)(=O)=O)c4)CC3)nc12. The molecule has 1 amide bonds. The molecule has 0 bridgehead atoms. The van der Waals surface area contributed by atoms with Crippen molar-refractivity contribution in [3.8, 4) is 5.75 Å². The number of sulfone groups is 1. The minimum Gasteiger partial charge on any atom is -0.494 e. The molecule has 1 saturated heterocycles. The van der Waals surface area contributed by atoms with Crippen molar-refractivity contribution < 1.29 is 26.4 Å². The number of nitrogens with one attached hydrogen (secondary N) is 1. The van der Waals surface area contributed by atoms with E-state index in [2.05, 4.69) is 10.3 Å². The van der Waals surface area contributed by atoms with E-state index in [-0.39, 0.29) is 34.7 Å². The summed E-state index contributed by atoms with van der Waals surface area (Å²) in [6.45, 7) is 0.328. The Kier molecular flexibility index (Phi) is 6.45. The number of carbonyl (C=O) groups is 1. The lowest BCUT2D eigenvalue weighted by Gasteiger charge is -2.30. The van der Waals surface area contributed by atoms with Gasteiger partial charge < -0.3 is 10.1 Å². The van der Waals surface area contributed by atoms with Gasteiger partial charge in [0.15, 0.2) is 15.0 Å². The predicted molar refractivity (Wildman–Crippen MR) is 126 cm³/mol. The Balaban J connectivity index is 1.43. The van der Waals surface area contributed by atoms with Gasteiger partial charge in [-0.2, -0.15) is 4.31 Å². The number of methoxy groups -OCH3 is 1. The highest BCUT2D eigenvalue weighted by Gasteiger charge is 2.33. The van der Waals surface area contributed by atoms with Crippen LogP contribution in [0, 0.1) is 5.92 Å². The van der Waals surface area contributed by atoms with Gasteiger partial charge in [0.2, 0.25) is 15.9 Å². The minimum atomic E-state index is -3.86. The summed E-state index contributed by atoms with van der Waals surface area (Å²) in [7, 11) is -5.83. The van der Waals surface area contributed by atoms with E-state index in [0.717, 1.165) is 11.0 Å². The van der Waals surface area contributed by atoms with Gasteiger partial charge in [-0.05, 0) is 43.2 Å². The van der Waals surface area contributed by atoms with E-state index in [1.807, 2.05) is 12.1 Å². The Labute approximate surface area is 196 Å². The van der Waals surface area contributed by atoms with Gasteiger partial charge in [0.1, 0.15) is 11.3 Å². The van der Waals surface area contributed by atoms with Crippen molar-refractivity contribution in [3.05, 3.63) is 42.5 Å². The number of fused-ring (bicyclic) bond motifs is 1. The molecule has 1 aromatic heterocycles. The quantitative estimate of drug-likeness (QED) is 0.542. The van der Waals surface area contributed by atoms with Gasteiger partial charge in [0.25, 0.3) is 0 Å². The van der Waals surface area contributed by atoms with Gasteiger partial charge in [-0.25, -0.2) is 21.8 Å². The molecule has 1 N–H and O–H groups in total. The maximum Gasteiger partial charge on any atom is 0.243 e. The molecule has 2 heterocycles. The van der Waals surface area contributed by atoms with E-state index in [0.29, 0.717) is 29.2 Å². The standard InChI is InChI=1S/C21H23N3O6S3/c1-30-17-7-4-8-18-19(17)22-21(31-18)23-20(25)14-9-11-24(12-10-14)33(28,29)16-6-3-5-15(13-16)32(2,26)27/h3-8,13-14H,9-12H2,1-2H3,(H,22,23,25). The zero-order valence-corrected chi connectivity index (χ0v) is 20.5. The predicted octanol–water partition coefficient (Wildman–Crippen LogP) is 2.75. The molecule has 0 radical (unpaired) electrons. The Morgan fingerprint density at radius 2 is 1.76 bits per heavy atom. The lowest BCUT2D eigenvalue weighted by Crippen LogP contribution is -2.41. The third-order valence-electron chi connectivity index (χ3n) is 5.53. The highest BCUT2D eigenvalue weighted by molar-refractivity contribution is 7.91. The maximum atomic E-state index is 13.0. The summed E-state index contributed by atoms with van der Waals surface area (Å²) in [4.78, 5) is 17.1. The number of para-hydroxylation sites is 1. The number of aromatic nitrogens is 1. The summed E-state index contributed by atoms with van der Waals surface area (Å²) in [6.07, 6.45) is 1.74. The van der Waals surface area contributed by atoms with Crippen LogP contribution in [0.1, 0.15) is 12.8 Å². The second-order valence-corrected chi connectivity index (χ2v) is 12.7. The Morgan fingerprint density at radius 3 is 2.42 bits per heavy atom. The molecular formula is C21H23N3O6S3. The number of piperidine rings is 1. The molecule has 12 heteroatoms. The van der Waals surface area contributed by atoms with Crippen LogP contribution in [0.5, 0.6) is 5.75 Å². The summed E-state index contributed by atoms with van der Waals surface area (Å²) < 4.78 is 57.1. The summed E-state index contributed by atoms with van der Waals surface area (Å²) in [5, 5.41) is 3.30. The molecule has 3 aromatic rings. The van der Waals surface area contributed by atoms with Gasteiger partial charge >= 0.3 is 0 Å². The lowest BCUT2D eigenvalue weighted by atomic mass is 9.97. The van der Waals surface area contributed by atoms with E-state index in [1.54, 1.807) is 13.2 Å². The van der Waals surface area contributed by atoms with Gasteiger partial charge in [0, 0.05) is 25.3 Å². The highest BCUT2D eigenvalue weighted by Crippen LogP contribution is 2.33. The second-order valence-electron chi connectivity index (χ2n) is 7.74. The zero-order valence-electron chi connectivity index (χ0n) is 18.0. The fourth-order valence-electron chi connectivity index (χ4n) is 3.72. The summed E-state index contributed by atoms with van der Waals surface area (Å²) in [5.74, 6) is 0.0690. The van der Waals surface area contributed by atoms with Crippen molar-refractivity contribution in [2.75, 3.05) is 31.8 Å². The van der Waals surface area contributed by atoms with Crippen molar-refractivity contribution in [2.45, 2.75) is 22.6 Å². The van der Waals surface area contributed by atoms with E-state index in [1.165, 1.54) is 39.9 Å². The first-order valence-corrected chi connectivity index (χ1v) is 14.3. The second kappa shape index (κ2) is 9.01. The molecule has 4 rings (SSSR count). The molecule has 0 spiro atoms. The zero-order chi connectivity index (χ0) is 23.8. The van der Waals surface area contributed by atoms with E-state index >= 15 is 0 Å². The molecular weight excluding hydrogens is 486 g/mol. The molecule has 0 atom stereocenters. The van der Waals surface area contributed by atoms with Crippen LogP contribution in [0.2, 0.25) is 0 Å². The number of anilines is 1. The highest BCUT2D eigenvalue weighted by atomic mass is 32.2. The van der Waals surface area contributed by atoms with Crippen LogP contribution in [0.15, 0.2) is 52.3 Å². The van der Waals surface area contributed by atoms with Crippen LogP contribution in [0.25, 0.3) is 10.2 Å². The maximum absolute atomic E-state index is 13.0. The molecule has 1 aliphatic rings. The van der Waals surface area contributed by atoms with E-state index in [4.69, 9.17) is 4.74 Å². The van der Waals surface area contributed by atoms with Crippen molar-refractivity contribution >= 4 is 52.5 Å². The summed E-state index contributed by atoms with van der Waals surface area (Å²) in [5.41, 5.74) is 0.678. The molecule has 0 aliphatic carbocycles. The summed E-state index contributed by atoms with van der Waals surface area (Å²) >= 11 is 1.35. The first kappa shape index (κ1) is 23.6. The Hall–Kier alpha value is -2.54. The number of benzene rings is 2. The number of carbonyl (C=O) groups excluding carboxylic acids is 1. The molecule has 176 valence electrons. The fourth-order valence-corrected chi connectivity index (χ4v) is 6.87. The number of hydrogen-bond acceptors (Lipinski definition) is 8. The van der Waals surface area contributed by atoms with Gasteiger partial charge in [-0.3, -0.25) is 4.79 Å². The number of amides is 1. The molecule has 9 nitrogen and oxygen atoms in total. The number of rotatable bonds is 6. The first-order valence-electron chi connectivity index (χ1n) is 10.1. The van der Waals surface area contributed by atoms with Crippen molar-refractivity contribution in [3.63, 3.8) is 0 Å². The monoisotopic (exact) mass is 509 g/mol. The van der Waals surface area contributed by atoms with Crippen LogP contribution in [0.3, 0.4) is 0 Å². The Morgan fingerprint density at radius 1 is 1.09 bits per heavy atom. The lowest BCUT2D eigenvalue weighted by molar-refractivity contribution is -0.120. The number of thiazole rings is 1. The Bertz CT molecular complexity index is 1410. The third-order valence-corrected chi connectivity index (χ3v) is 9.47.